The fraction of sp³-hybridized carbons (Fsp3) is 0.310. The van der Waals surface area contributed by atoms with Gasteiger partial charge in [0.1, 0.15) is 5.60 Å². The minimum atomic E-state index is -0.389. The van der Waals surface area contributed by atoms with Gasteiger partial charge in [-0.05, 0) is 88.4 Å². The highest BCUT2D eigenvalue weighted by Crippen LogP contribution is 2.41. The first-order valence-electron chi connectivity index (χ1n) is 11.5. The van der Waals surface area contributed by atoms with Crippen molar-refractivity contribution >= 4 is 10.9 Å². The number of hydrogen-bond donors (Lipinski definition) is 0. The summed E-state index contributed by atoms with van der Waals surface area (Å²) >= 11 is 0. The van der Waals surface area contributed by atoms with Gasteiger partial charge < -0.3 is 4.74 Å². The maximum atomic E-state index is 15.5. The first-order valence-corrected chi connectivity index (χ1v) is 12.7. The molecule has 0 aromatic heterocycles. The lowest BCUT2D eigenvalue weighted by molar-refractivity contribution is 0.0604. The minimum absolute atomic E-state index is 0.279. The molecule has 1 aliphatic rings. The lowest BCUT2D eigenvalue weighted by atomic mass is 9.78. The van der Waals surface area contributed by atoms with Crippen LogP contribution >= 0.6 is 0 Å². The second kappa shape index (κ2) is 9.95. The van der Waals surface area contributed by atoms with Crippen LogP contribution in [0.15, 0.2) is 105 Å². The maximum Gasteiger partial charge on any atom is 0.170 e. The molecule has 0 saturated heterocycles. The van der Waals surface area contributed by atoms with Crippen LogP contribution in [0.2, 0.25) is 0 Å². The molecular formula is C29H32FOS+. The third-order valence-electron chi connectivity index (χ3n) is 6.50. The maximum absolute atomic E-state index is 15.5. The van der Waals surface area contributed by atoms with E-state index in [1.165, 1.54) is 27.4 Å². The van der Waals surface area contributed by atoms with E-state index in [-0.39, 0.29) is 22.3 Å². The molecule has 0 spiro atoms. The zero-order valence-electron chi connectivity index (χ0n) is 19.2. The third-order valence-corrected chi connectivity index (χ3v) is 8.71. The monoisotopic (exact) mass is 447 g/mol. The van der Waals surface area contributed by atoms with Gasteiger partial charge in [0.25, 0.3) is 0 Å². The molecule has 0 heterocycles. The number of allylic oxidation sites excluding steroid dienone is 1. The molecule has 3 aromatic carbocycles. The quantitative estimate of drug-likeness (QED) is 0.272. The second-order valence-electron chi connectivity index (χ2n) is 8.81. The SMILES string of the molecule is CC(C)=C(C)C1(Oc2ccc([S+](c3ccccc3)c3ccccc3)cc2F)CCCCC1. The van der Waals surface area contributed by atoms with E-state index in [4.69, 9.17) is 4.74 Å². The average Bonchev–Trinajstić information content (AvgIpc) is 2.82. The average molecular weight is 448 g/mol. The van der Waals surface area contributed by atoms with Crippen molar-refractivity contribution in [1.82, 2.24) is 0 Å². The van der Waals surface area contributed by atoms with E-state index in [2.05, 4.69) is 45.0 Å². The summed E-state index contributed by atoms with van der Waals surface area (Å²) < 4.78 is 22.0. The standard InChI is InChI=1S/C29H32FOS/c1-22(2)23(3)29(19-11-6-12-20-29)31-28-18-17-26(21-27(28)30)32(24-13-7-4-8-14-24)25-15-9-5-10-16-25/h4-5,7-10,13-18,21H,6,11-12,19-20H2,1-3H3/q+1. The van der Waals surface area contributed by atoms with E-state index in [0.717, 1.165) is 30.6 Å². The molecule has 166 valence electrons. The van der Waals surface area contributed by atoms with Crippen molar-refractivity contribution in [2.24, 2.45) is 0 Å². The lowest BCUT2D eigenvalue weighted by Gasteiger charge is -2.39. The van der Waals surface area contributed by atoms with E-state index >= 15 is 4.39 Å². The van der Waals surface area contributed by atoms with E-state index in [1.54, 1.807) is 6.07 Å². The number of hydrogen-bond acceptors (Lipinski definition) is 1. The summed E-state index contributed by atoms with van der Waals surface area (Å²) in [6, 6.07) is 26.2. The second-order valence-corrected chi connectivity index (χ2v) is 10.8. The van der Waals surface area contributed by atoms with Crippen LogP contribution in [-0.2, 0) is 10.9 Å². The summed E-state index contributed by atoms with van der Waals surface area (Å²) in [5, 5.41) is 0. The minimum Gasteiger partial charge on any atom is -0.480 e. The molecule has 0 bridgehead atoms. The van der Waals surface area contributed by atoms with Crippen LogP contribution in [0.3, 0.4) is 0 Å². The van der Waals surface area contributed by atoms with Crippen LogP contribution in [0.5, 0.6) is 5.75 Å². The van der Waals surface area contributed by atoms with E-state index in [1.807, 2.05) is 48.5 Å². The highest BCUT2D eigenvalue weighted by Gasteiger charge is 2.38. The van der Waals surface area contributed by atoms with Crippen LogP contribution in [0.25, 0.3) is 0 Å². The Hall–Kier alpha value is -2.52. The van der Waals surface area contributed by atoms with Gasteiger partial charge in [0.2, 0.25) is 0 Å². The summed E-state index contributed by atoms with van der Waals surface area (Å²) in [5.74, 6) is 0.0827. The molecule has 0 radical (unpaired) electrons. The smallest absolute Gasteiger partial charge is 0.170 e. The van der Waals surface area contributed by atoms with Crippen molar-refractivity contribution in [3.8, 4) is 5.75 Å². The number of ether oxygens (including phenoxy) is 1. The predicted octanol–water partition coefficient (Wildman–Crippen LogP) is 8.36. The largest absolute Gasteiger partial charge is 0.480 e. The van der Waals surface area contributed by atoms with Crippen molar-refractivity contribution in [2.75, 3.05) is 0 Å². The molecule has 0 amide bonds. The Kier molecular flexibility index (Phi) is 7.05. The van der Waals surface area contributed by atoms with Crippen molar-refractivity contribution in [3.63, 3.8) is 0 Å². The molecule has 32 heavy (non-hydrogen) atoms. The van der Waals surface area contributed by atoms with E-state index in [9.17, 15) is 0 Å². The molecular weight excluding hydrogens is 415 g/mol. The molecule has 0 aliphatic heterocycles. The Bertz CT molecular complexity index is 1030. The highest BCUT2D eigenvalue weighted by atomic mass is 32.2. The van der Waals surface area contributed by atoms with Gasteiger partial charge in [-0.15, -0.1) is 0 Å². The zero-order valence-corrected chi connectivity index (χ0v) is 20.1. The van der Waals surface area contributed by atoms with Crippen LogP contribution in [-0.4, -0.2) is 5.60 Å². The Morgan fingerprint density at radius 2 is 1.31 bits per heavy atom. The zero-order chi connectivity index (χ0) is 22.6. The van der Waals surface area contributed by atoms with Crippen LogP contribution < -0.4 is 4.74 Å². The number of rotatable bonds is 6. The molecule has 1 saturated carbocycles. The summed E-state index contributed by atoms with van der Waals surface area (Å²) in [5.41, 5.74) is 2.12. The fourth-order valence-electron chi connectivity index (χ4n) is 4.56. The molecule has 1 fully saturated rings. The molecule has 4 rings (SSSR count). The van der Waals surface area contributed by atoms with Crippen molar-refractivity contribution in [2.45, 2.75) is 73.2 Å². The normalized spacial score (nSPS) is 15.4. The predicted molar refractivity (Wildman–Crippen MR) is 132 cm³/mol. The fourth-order valence-corrected chi connectivity index (χ4v) is 6.66. The first-order chi connectivity index (χ1) is 15.5. The number of halogens is 1. The van der Waals surface area contributed by atoms with Gasteiger partial charge in [-0.1, -0.05) is 48.4 Å². The van der Waals surface area contributed by atoms with Gasteiger partial charge in [-0.3, -0.25) is 0 Å². The van der Waals surface area contributed by atoms with Gasteiger partial charge in [0, 0.05) is 6.07 Å². The third kappa shape index (κ3) is 4.78. The summed E-state index contributed by atoms with van der Waals surface area (Å²) in [6.45, 7) is 6.40. The van der Waals surface area contributed by atoms with Gasteiger partial charge in [-0.25, -0.2) is 4.39 Å². The molecule has 0 atom stereocenters. The molecule has 0 N–H and O–H groups in total. The summed E-state index contributed by atoms with van der Waals surface area (Å²) in [7, 11) is -0.371. The molecule has 0 unspecified atom stereocenters. The van der Waals surface area contributed by atoms with Crippen molar-refractivity contribution in [3.05, 3.63) is 95.8 Å². The molecule has 3 heteroatoms. The Morgan fingerprint density at radius 1 is 0.750 bits per heavy atom. The Balaban J connectivity index is 1.71. The highest BCUT2D eigenvalue weighted by molar-refractivity contribution is 7.97. The first kappa shape index (κ1) is 22.7. The van der Waals surface area contributed by atoms with Crippen molar-refractivity contribution in [1.29, 1.82) is 0 Å². The summed E-state index contributed by atoms with van der Waals surface area (Å²) in [4.78, 5) is 3.32. The van der Waals surface area contributed by atoms with Crippen LogP contribution in [0.4, 0.5) is 4.39 Å². The summed E-state index contributed by atoms with van der Waals surface area (Å²) in [6.07, 6.45) is 5.36. The van der Waals surface area contributed by atoms with Gasteiger partial charge in [0.15, 0.2) is 26.3 Å². The molecule has 3 aromatic rings. The van der Waals surface area contributed by atoms with Gasteiger partial charge >= 0.3 is 0 Å². The Morgan fingerprint density at radius 3 is 1.81 bits per heavy atom. The van der Waals surface area contributed by atoms with Gasteiger partial charge in [-0.2, -0.15) is 0 Å². The van der Waals surface area contributed by atoms with Crippen molar-refractivity contribution < 1.29 is 9.13 Å². The van der Waals surface area contributed by atoms with Crippen LogP contribution in [0, 0.1) is 5.82 Å². The van der Waals surface area contributed by atoms with Gasteiger partial charge in [0.05, 0.1) is 10.9 Å². The number of benzene rings is 3. The Labute approximate surface area is 194 Å². The topological polar surface area (TPSA) is 9.23 Å². The lowest BCUT2D eigenvalue weighted by Crippen LogP contribution is -2.40. The molecule has 1 aliphatic carbocycles. The van der Waals surface area contributed by atoms with Crippen LogP contribution in [0.1, 0.15) is 52.9 Å². The van der Waals surface area contributed by atoms with E-state index in [0.29, 0.717) is 5.75 Å². The molecule has 1 nitrogen and oxygen atoms in total. The van der Waals surface area contributed by atoms with E-state index < -0.39 is 0 Å².